The number of aromatic carboxylic acids is 1. The van der Waals surface area contributed by atoms with Gasteiger partial charge in [-0.05, 0) is 39.0 Å². The summed E-state index contributed by atoms with van der Waals surface area (Å²) >= 11 is 0. The van der Waals surface area contributed by atoms with Crippen molar-refractivity contribution in [3.8, 4) is 0 Å². The maximum absolute atomic E-state index is 12.6. The third-order valence-corrected chi connectivity index (χ3v) is 3.08. The second-order valence-electron chi connectivity index (χ2n) is 5.09. The number of alkyl halides is 3. The largest absolute Gasteiger partial charge is 0.478 e. The average molecular weight is 291 g/mol. The maximum atomic E-state index is 12.6. The number of carboxylic acids is 1. The van der Waals surface area contributed by atoms with Gasteiger partial charge in [0.1, 0.15) is 0 Å². The Morgan fingerprint density at radius 3 is 2.25 bits per heavy atom. The fraction of sp³-hybridized carbons (Fsp3) is 0.462. The summed E-state index contributed by atoms with van der Waals surface area (Å²) in [7, 11) is 0. The Morgan fingerprint density at radius 1 is 1.30 bits per heavy atom. The Kier molecular flexibility index (Phi) is 4.33. The lowest BCUT2D eigenvalue weighted by atomic mass is 9.97. The fourth-order valence-electron chi connectivity index (χ4n) is 1.46. The predicted octanol–water partition coefficient (Wildman–Crippen LogP) is 2.97. The summed E-state index contributed by atoms with van der Waals surface area (Å²) < 4.78 is 37.7. The van der Waals surface area contributed by atoms with Crippen LogP contribution in [0.3, 0.4) is 0 Å². The van der Waals surface area contributed by atoms with Gasteiger partial charge < -0.3 is 15.5 Å². The first-order chi connectivity index (χ1) is 8.95. The number of carbonyl (C=O) groups is 1. The summed E-state index contributed by atoms with van der Waals surface area (Å²) in [4.78, 5) is 11.1. The molecule has 0 heterocycles. The highest BCUT2D eigenvalue weighted by Gasteiger charge is 2.33. The van der Waals surface area contributed by atoms with Gasteiger partial charge in [0, 0.05) is 5.69 Å². The summed E-state index contributed by atoms with van der Waals surface area (Å²) in [6.07, 6.45) is -5.44. The van der Waals surface area contributed by atoms with Crippen LogP contribution >= 0.6 is 0 Å². The van der Waals surface area contributed by atoms with Crippen molar-refractivity contribution in [2.75, 3.05) is 5.32 Å². The number of hydrogen-bond acceptors (Lipinski definition) is 3. The third-order valence-electron chi connectivity index (χ3n) is 3.08. The SMILES string of the molecule is CC(O)C(C)(C)Nc1ccc(C(F)(F)F)cc1C(=O)O. The average Bonchev–Trinajstić information content (AvgIpc) is 2.26. The Labute approximate surface area is 114 Å². The molecule has 1 aromatic carbocycles. The van der Waals surface area contributed by atoms with E-state index in [4.69, 9.17) is 5.11 Å². The number of nitrogens with one attached hydrogen (secondary N) is 1. The molecular weight excluding hydrogens is 275 g/mol. The molecule has 0 aliphatic heterocycles. The topological polar surface area (TPSA) is 69.6 Å². The molecule has 112 valence electrons. The van der Waals surface area contributed by atoms with Gasteiger partial charge in [-0.2, -0.15) is 13.2 Å². The lowest BCUT2D eigenvalue weighted by molar-refractivity contribution is -0.137. The molecule has 0 amide bonds. The Bertz CT molecular complexity index is 510. The summed E-state index contributed by atoms with van der Waals surface area (Å²) in [6, 6.07) is 2.42. The van der Waals surface area contributed by atoms with Crippen molar-refractivity contribution in [2.24, 2.45) is 0 Å². The first-order valence-corrected chi connectivity index (χ1v) is 5.86. The van der Waals surface area contributed by atoms with Gasteiger partial charge in [-0.15, -0.1) is 0 Å². The molecule has 0 aliphatic rings. The Balaban J connectivity index is 3.25. The summed E-state index contributed by atoms with van der Waals surface area (Å²) in [6.45, 7) is 4.72. The van der Waals surface area contributed by atoms with Crippen LogP contribution in [0, 0.1) is 0 Å². The molecule has 1 unspecified atom stereocenters. The monoisotopic (exact) mass is 291 g/mol. The van der Waals surface area contributed by atoms with E-state index >= 15 is 0 Å². The first-order valence-electron chi connectivity index (χ1n) is 5.86. The van der Waals surface area contributed by atoms with E-state index in [-0.39, 0.29) is 5.69 Å². The number of carboxylic acid groups (broad SMARTS) is 1. The van der Waals surface area contributed by atoms with Crippen LogP contribution < -0.4 is 5.32 Å². The molecule has 1 rings (SSSR count). The van der Waals surface area contributed by atoms with Crippen LogP contribution in [-0.2, 0) is 6.18 Å². The van der Waals surface area contributed by atoms with Gasteiger partial charge >= 0.3 is 12.1 Å². The first kappa shape index (κ1) is 16.3. The van der Waals surface area contributed by atoms with Gasteiger partial charge in [-0.1, -0.05) is 0 Å². The molecule has 7 heteroatoms. The molecule has 0 bridgehead atoms. The zero-order chi connectivity index (χ0) is 15.7. The third kappa shape index (κ3) is 3.63. The lowest BCUT2D eigenvalue weighted by Crippen LogP contribution is -2.42. The van der Waals surface area contributed by atoms with Gasteiger partial charge in [-0.3, -0.25) is 0 Å². The van der Waals surface area contributed by atoms with E-state index < -0.39 is 34.9 Å². The molecule has 20 heavy (non-hydrogen) atoms. The van der Waals surface area contributed by atoms with Gasteiger partial charge in [0.05, 0.1) is 22.8 Å². The summed E-state index contributed by atoms with van der Waals surface area (Å²) in [5, 5.41) is 21.3. The minimum Gasteiger partial charge on any atom is -0.478 e. The van der Waals surface area contributed by atoms with E-state index in [0.29, 0.717) is 6.07 Å². The number of hydrogen-bond donors (Lipinski definition) is 3. The molecular formula is C13H16F3NO3. The quantitative estimate of drug-likeness (QED) is 0.797. The number of aliphatic hydroxyl groups is 1. The van der Waals surface area contributed by atoms with Crippen LogP contribution in [-0.4, -0.2) is 27.8 Å². The van der Waals surface area contributed by atoms with Gasteiger partial charge in [0.15, 0.2) is 0 Å². The number of rotatable bonds is 4. The van der Waals surface area contributed by atoms with Crippen LogP contribution in [0.2, 0.25) is 0 Å². The van der Waals surface area contributed by atoms with Crippen molar-refractivity contribution in [1.82, 2.24) is 0 Å². The van der Waals surface area contributed by atoms with Crippen molar-refractivity contribution >= 4 is 11.7 Å². The minimum absolute atomic E-state index is 0.0244. The van der Waals surface area contributed by atoms with Crippen molar-refractivity contribution in [2.45, 2.75) is 38.6 Å². The van der Waals surface area contributed by atoms with Gasteiger partial charge in [0.2, 0.25) is 0 Å². The zero-order valence-electron chi connectivity index (χ0n) is 11.2. The fourth-order valence-corrected chi connectivity index (χ4v) is 1.46. The van der Waals surface area contributed by atoms with Crippen LogP contribution in [0.15, 0.2) is 18.2 Å². The van der Waals surface area contributed by atoms with E-state index in [0.717, 1.165) is 12.1 Å². The molecule has 0 aromatic heterocycles. The van der Waals surface area contributed by atoms with E-state index in [1.54, 1.807) is 13.8 Å². The smallest absolute Gasteiger partial charge is 0.416 e. The van der Waals surface area contributed by atoms with Crippen molar-refractivity contribution in [3.05, 3.63) is 29.3 Å². The van der Waals surface area contributed by atoms with Crippen LogP contribution in [0.5, 0.6) is 0 Å². The van der Waals surface area contributed by atoms with Crippen LogP contribution in [0.1, 0.15) is 36.7 Å². The standard InChI is InChI=1S/C13H16F3NO3/c1-7(18)12(2,3)17-10-5-4-8(13(14,15)16)6-9(10)11(19)20/h4-7,17-18H,1-3H3,(H,19,20). The van der Waals surface area contributed by atoms with E-state index in [1.807, 2.05) is 0 Å². The van der Waals surface area contributed by atoms with E-state index in [9.17, 15) is 23.1 Å². The zero-order valence-corrected chi connectivity index (χ0v) is 11.2. The number of halogens is 3. The highest BCUT2D eigenvalue weighted by Crippen LogP contribution is 2.32. The van der Waals surface area contributed by atoms with Crippen molar-refractivity contribution in [1.29, 1.82) is 0 Å². The van der Waals surface area contributed by atoms with Crippen LogP contribution in [0.25, 0.3) is 0 Å². The second kappa shape index (κ2) is 5.32. The van der Waals surface area contributed by atoms with Crippen molar-refractivity contribution < 1.29 is 28.2 Å². The molecule has 0 aliphatic carbocycles. The molecule has 1 atom stereocenters. The highest BCUT2D eigenvalue weighted by atomic mass is 19.4. The maximum Gasteiger partial charge on any atom is 0.416 e. The molecule has 0 spiro atoms. The number of anilines is 1. The minimum atomic E-state index is -4.61. The van der Waals surface area contributed by atoms with Crippen LogP contribution in [0.4, 0.5) is 18.9 Å². The Hall–Kier alpha value is -1.76. The normalized spacial score (nSPS) is 13.9. The Morgan fingerprint density at radius 2 is 1.85 bits per heavy atom. The predicted molar refractivity (Wildman–Crippen MR) is 67.8 cm³/mol. The highest BCUT2D eigenvalue weighted by molar-refractivity contribution is 5.94. The van der Waals surface area contributed by atoms with Gasteiger partial charge in [0.25, 0.3) is 0 Å². The second-order valence-corrected chi connectivity index (χ2v) is 5.09. The molecule has 0 saturated carbocycles. The van der Waals surface area contributed by atoms with E-state index in [1.165, 1.54) is 6.92 Å². The molecule has 0 fully saturated rings. The molecule has 4 nitrogen and oxygen atoms in total. The number of aliphatic hydroxyl groups excluding tert-OH is 1. The van der Waals surface area contributed by atoms with Gasteiger partial charge in [-0.25, -0.2) is 4.79 Å². The molecule has 0 saturated heterocycles. The van der Waals surface area contributed by atoms with E-state index in [2.05, 4.69) is 5.32 Å². The molecule has 3 N–H and O–H groups in total. The molecule has 0 radical (unpaired) electrons. The van der Waals surface area contributed by atoms with Crippen molar-refractivity contribution in [3.63, 3.8) is 0 Å². The summed E-state index contributed by atoms with van der Waals surface area (Å²) in [5.74, 6) is -1.47. The summed E-state index contributed by atoms with van der Waals surface area (Å²) in [5.41, 5.74) is -2.38. The molecule has 1 aromatic rings. The number of benzene rings is 1. The lowest BCUT2D eigenvalue weighted by Gasteiger charge is -2.31.